The van der Waals surface area contributed by atoms with Crippen molar-refractivity contribution in [1.29, 1.82) is 0 Å². The van der Waals surface area contributed by atoms with Crippen molar-refractivity contribution in [3.05, 3.63) is 76.5 Å². The first-order valence-electron chi connectivity index (χ1n) is 11.4. The van der Waals surface area contributed by atoms with Crippen molar-refractivity contribution < 1.29 is 4.79 Å². The molecule has 166 valence electrons. The van der Waals surface area contributed by atoms with Gasteiger partial charge in [-0.3, -0.25) is 4.79 Å². The monoisotopic (exact) mass is 428 g/mol. The van der Waals surface area contributed by atoms with Gasteiger partial charge in [-0.05, 0) is 44.4 Å². The van der Waals surface area contributed by atoms with Crippen LogP contribution in [0.4, 0.5) is 5.82 Å². The Morgan fingerprint density at radius 1 is 0.906 bits per heavy atom. The summed E-state index contributed by atoms with van der Waals surface area (Å²) in [4.78, 5) is 27.2. The molecule has 1 aliphatic heterocycles. The van der Waals surface area contributed by atoms with Crippen LogP contribution < -0.4 is 4.90 Å². The molecular formula is C27H32N4O. The van der Waals surface area contributed by atoms with E-state index in [1.165, 1.54) is 11.1 Å². The predicted molar refractivity (Wildman–Crippen MR) is 130 cm³/mol. The Bertz CT molecular complexity index is 1130. The van der Waals surface area contributed by atoms with Gasteiger partial charge in [0.25, 0.3) is 5.91 Å². The third-order valence-corrected chi connectivity index (χ3v) is 6.21. The van der Waals surface area contributed by atoms with E-state index in [1.807, 2.05) is 36.1 Å². The number of nitrogens with zero attached hydrogens (tertiary/aromatic N) is 4. The first-order chi connectivity index (χ1) is 15.3. The molecular weight excluding hydrogens is 396 g/mol. The van der Waals surface area contributed by atoms with Gasteiger partial charge in [0.15, 0.2) is 5.82 Å². The summed E-state index contributed by atoms with van der Waals surface area (Å²) < 4.78 is 0. The molecule has 0 aliphatic carbocycles. The lowest BCUT2D eigenvalue weighted by molar-refractivity contribution is 0.0745. The zero-order chi connectivity index (χ0) is 22.8. The third-order valence-electron chi connectivity index (χ3n) is 6.21. The lowest BCUT2D eigenvalue weighted by Gasteiger charge is -2.37. The van der Waals surface area contributed by atoms with Gasteiger partial charge in [-0.2, -0.15) is 0 Å². The second kappa shape index (κ2) is 9.11. The van der Waals surface area contributed by atoms with Crippen molar-refractivity contribution in [2.45, 2.75) is 40.5 Å². The molecule has 0 saturated carbocycles. The summed E-state index contributed by atoms with van der Waals surface area (Å²) in [6, 6.07) is 16.2. The van der Waals surface area contributed by atoms with Crippen LogP contribution in [-0.2, 0) is 0 Å². The summed E-state index contributed by atoms with van der Waals surface area (Å²) in [5.41, 5.74) is 6.28. The third kappa shape index (κ3) is 4.38. The molecule has 5 nitrogen and oxygen atoms in total. The van der Waals surface area contributed by atoms with E-state index >= 15 is 0 Å². The second-order valence-corrected chi connectivity index (χ2v) is 8.99. The quantitative estimate of drug-likeness (QED) is 0.576. The maximum Gasteiger partial charge on any atom is 0.254 e. The maximum absolute atomic E-state index is 13.0. The number of rotatable bonds is 4. The van der Waals surface area contributed by atoms with E-state index in [0.29, 0.717) is 19.0 Å². The van der Waals surface area contributed by atoms with E-state index in [-0.39, 0.29) is 5.91 Å². The van der Waals surface area contributed by atoms with Crippen LogP contribution in [0.1, 0.15) is 52.5 Å². The van der Waals surface area contributed by atoms with Gasteiger partial charge in [0, 0.05) is 48.6 Å². The number of benzene rings is 2. The van der Waals surface area contributed by atoms with Crippen molar-refractivity contribution >= 4 is 11.7 Å². The molecule has 5 heteroatoms. The molecule has 3 aromatic rings. The molecule has 32 heavy (non-hydrogen) atoms. The summed E-state index contributed by atoms with van der Waals surface area (Å²) in [6.45, 7) is 13.5. The van der Waals surface area contributed by atoms with Crippen molar-refractivity contribution in [1.82, 2.24) is 14.9 Å². The van der Waals surface area contributed by atoms with E-state index in [4.69, 9.17) is 9.97 Å². The molecule has 2 heterocycles. The SMILES string of the molecule is Cc1cccc(-c2nc(C)c(C(C)C)c(N3CCN(C(=O)c4ccccc4C)CC3)n2)c1. The molecule has 4 rings (SSSR count). The normalized spacial score (nSPS) is 14.2. The summed E-state index contributed by atoms with van der Waals surface area (Å²) >= 11 is 0. The minimum Gasteiger partial charge on any atom is -0.353 e. The Morgan fingerprint density at radius 3 is 2.28 bits per heavy atom. The number of carbonyl (C=O) groups excluding carboxylic acids is 1. The Labute approximate surface area is 191 Å². The van der Waals surface area contributed by atoms with Gasteiger partial charge in [-0.25, -0.2) is 9.97 Å². The zero-order valence-corrected chi connectivity index (χ0v) is 19.7. The number of hydrogen-bond donors (Lipinski definition) is 0. The van der Waals surface area contributed by atoms with Crippen LogP contribution >= 0.6 is 0 Å². The molecule has 1 aliphatic rings. The van der Waals surface area contributed by atoms with Gasteiger partial charge >= 0.3 is 0 Å². The minimum absolute atomic E-state index is 0.117. The number of carbonyl (C=O) groups is 1. The lowest BCUT2D eigenvalue weighted by Crippen LogP contribution is -2.49. The number of anilines is 1. The topological polar surface area (TPSA) is 49.3 Å². The van der Waals surface area contributed by atoms with Crippen molar-refractivity contribution in [2.75, 3.05) is 31.1 Å². The molecule has 0 atom stereocenters. The Kier molecular flexibility index (Phi) is 6.26. The first kappa shape index (κ1) is 22.0. The fraction of sp³-hybridized carbons (Fsp3) is 0.370. The van der Waals surface area contributed by atoms with Crippen LogP contribution in [0, 0.1) is 20.8 Å². The number of hydrogen-bond acceptors (Lipinski definition) is 4. The molecule has 1 fully saturated rings. The van der Waals surface area contributed by atoms with Crippen LogP contribution in [0.25, 0.3) is 11.4 Å². The molecule has 1 aromatic heterocycles. The molecule has 0 unspecified atom stereocenters. The first-order valence-corrected chi connectivity index (χ1v) is 11.4. The average Bonchev–Trinajstić information content (AvgIpc) is 2.78. The molecule has 0 spiro atoms. The molecule has 0 bridgehead atoms. The van der Waals surface area contributed by atoms with Gasteiger partial charge < -0.3 is 9.80 Å². The fourth-order valence-electron chi connectivity index (χ4n) is 4.50. The van der Waals surface area contributed by atoms with Crippen LogP contribution in [0.3, 0.4) is 0 Å². The zero-order valence-electron chi connectivity index (χ0n) is 19.7. The number of amides is 1. The van der Waals surface area contributed by atoms with E-state index in [0.717, 1.165) is 47.1 Å². The van der Waals surface area contributed by atoms with Crippen LogP contribution in [0.15, 0.2) is 48.5 Å². The molecule has 1 amide bonds. The smallest absolute Gasteiger partial charge is 0.254 e. The average molecular weight is 429 g/mol. The van der Waals surface area contributed by atoms with Gasteiger partial charge in [0.05, 0.1) is 0 Å². The number of piperazine rings is 1. The number of aromatic nitrogens is 2. The molecule has 0 radical (unpaired) electrons. The highest BCUT2D eigenvalue weighted by molar-refractivity contribution is 5.95. The highest BCUT2D eigenvalue weighted by atomic mass is 16.2. The summed E-state index contributed by atoms with van der Waals surface area (Å²) in [5.74, 6) is 2.21. The lowest BCUT2D eigenvalue weighted by atomic mass is 10.0. The van der Waals surface area contributed by atoms with Crippen LogP contribution in [0.5, 0.6) is 0 Å². The molecule has 0 N–H and O–H groups in total. The van der Waals surface area contributed by atoms with Crippen molar-refractivity contribution in [3.8, 4) is 11.4 Å². The molecule has 2 aromatic carbocycles. The van der Waals surface area contributed by atoms with Gasteiger partial charge in [-0.1, -0.05) is 55.8 Å². The van der Waals surface area contributed by atoms with E-state index in [1.54, 1.807) is 0 Å². The predicted octanol–water partition coefficient (Wildman–Crippen LogP) is 5.15. The summed E-state index contributed by atoms with van der Waals surface area (Å²) in [5, 5.41) is 0. The van der Waals surface area contributed by atoms with Crippen LogP contribution in [-0.4, -0.2) is 47.0 Å². The minimum atomic E-state index is 0.117. The van der Waals surface area contributed by atoms with E-state index < -0.39 is 0 Å². The Morgan fingerprint density at radius 2 is 1.62 bits per heavy atom. The van der Waals surface area contributed by atoms with Gasteiger partial charge in [0.1, 0.15) is 5.82 Å². The van der Waals surface area contributed by atoms with Gasteiger partial charge in [0.2, 0.25) is 0 Å². The standard InChI is InChI=1S/C27H32N4O/c1-18(2)24-21(5)28-25(22-11-8-9-19(3)17-22)29-26(24)30-13-15-31(16-14-30)27(32)23-12-7-6-10-20(23)4/h6-12,17-18H,13-16H2,1-5H3. The highest BCUT2D eigenvalue weighted by Gasteiger charge is 2.27. The maximum atomic E-state index is 13.0. The Balaban J connectivity index is 1.61. The van der Waals surface area contributed by atoms with Gasteiger partial charge in [-0.15, -0.1) is 0 Å². The molecule has 1 saturated heterocycles. The Hall–Kier alpha value is -3.21. The largest absolute Gasteiger partial charge is 0.353 e. The summed E-state index contributed by atoms with van der Waals surface area (Å²) in [7, 11) is 0. The van der Waals surface area contributed by atoms with Crippen molar-refractivity contribution in [3.63, 3.8) is 0 Å². The van der Waals surface area contributed by atoms with Crippen LogP contribution in [0.2, 0.25) is 0 Å². The second-order valence-electron chi connectivity index (χ2n) is 8.99. The number of aryl methyl sites for hydroxylation is 3. The fourth-order valence-corrected chi connectivity index (χ4v) is 4.50. The van der Waals surface area contributed by atoms with E-state index in [2.05, 4.69) is 56.9 Å². The van der Waals surface area contributed by atoms with Crippen molar-refractivity contribution in [2.24, 2.45) is 0 Å². The highest BCUT2D eigenvalue weighted by Crippen LogP contribution is 2.31. The summed E-state index contributed by atoms with van der Waals surface area (Å²) in [6.07, 6.45) is 0. The van der Waals surface area contributed by atoms with E-state index in [9.17, 15) is 4.79 Å².